The van der Waals surface area contributed by atoms with E-state index < -0.39 is 5.91 Å². The predicted octanol–water partition coefficient (Wildman–Crippen LogP) is 5.92. The van der Waals surface area contributed by atoms with E-state index in [0.29, 0.717) is 17.9 Å². The van der Waals surface area contributed by atoms with Gasteiger partial charge in [0.25, 0.3) is 5.91 Å². The number of rotatable bonds is 5. The van der Waals surface area contributed by atoms with Crippen LogP contribution in [0.25, 0.3) is 11.3 Å². The number of phenols is 1. The summed E-state index contributed by atoms with van der Waals surface area (Å²) in [5.74, 6) is 0.677. The largest absolute Gasteiger partial charge is 0.507 e. The molecule has 5 nitrogen and oxygen atoms in total. The van der Waals surface area contributed by atoms with Crippen molar-refractivity contribution in [3.63, 3.8) is 0 Å². The minimum absolute atomic E-state index is 0.255. The zero-order chi connectivity index (χ0) is 24.7. The van der Waals surface area contributed by atoms with Gasteiger partial charge in [0.15, 0.2) is 0 Å². The third kappa shape index (κ3) is 4.92. The van der Waals surface area contributed by atoms with Gasteiger partial charge in [0.1, 0.15) is 11.5 Å². The second-order valence-corrected chi connectivity index (χ2v) is 10.7. The number of amides is 1. The molecule has 5 heteroatoms. The van der Waals surface area contributed by atoms with E-state index in [1.807, 2.05) is 49.4 Å². The highest BCUT2D eigenvalue weighted by atomic mass is 16.5. The molecule has 3 N–H and O–H groups in total. The number of methoxy groups -OCH3 is 1. The molecule has 0 aliphatic rings. The number of phenolic OH excluding ortho intramolecular Hbond substituents is 1. The topological polar surface area (TPSA) is 77.5 Å². The standard InChI is InChI=1S/C28H36N2O3/c1-17-21(26(29)32)15-24(30(17)16-18-9-11-20(33-8)12-10-18)19-13-22(27(2,3)4)25(31)23(14-19)28(5,6)7/h9-15,31H,16H2,1-8H3,(H2,29,32). The minimum Gasteiger partial charge on any atom is -0.507 e. The number of carbonyl (C=O) groups excluding carboxylic acids is 1. The molecule has 0 aliphatic heterocycles. The van der Waals surface area contributed by atoms with Crippen molar-refractivity contribution in [2.45, 2.75) is 65.8 Å². The van der Waals surface area contributed by atoms with Gasteiger partial charge < -0.3 is 20.1 Å². The van der Waals surface area contributed by atoms with Crippen LogP contribution in [0.4, 0.5) is 0 Å². The molecule has 0 spiro atoms. The van der Waals surface area contributed by atoms with Crippen molar-refractivity contribution in [3.05, 3.63) is 70.4 Å². The average molecular weight is 449 g/mol. The maximum absolute atomic E-state index is 12.2. The highest BCUT2D eigenvalue weighted by Crippen LogP contribution is 2.42. The number of hydrogen-bond donors (Lipinski definition) is 2. The Bertz CT molecular complexity index is 1140. The number of primary amides is 1. The van der Waals surface area contributed by atoms with Crippen LogP contribution in [0.2, 0.25) is 0 Å². The quantitative estimate of drug-likeness (QED) is 0.508. The molecule has 33 heavy (non-hydrogen) atoms. The zero-order valence-corrected chi connectivity index (χ0v) is 21.0. The molecule has 0 fully saturated rings. The molecule has 3 rings (SSSR count). The van der Waals surface area contributed by atoms with Gasteiger partial charge in [-0.2, -0.15) is 0 Å². The van der Waals surface area contributed by atoms with Gasteiger partial charge in [-0.05, 0) is 59.2 Å². The van der Waals surface area contributed by atoms with Gasteiger partial charge in [-0.1, -0.05) is 53.7 Å². The van der Waals surface area contributed by atoms with E-state index in [-0.39, 0.29) is 10.8 Å². The van der Waals surface area contributed by atoms with Crippen LogP contribution in [0.1, 0.15) is 74.3 Å². The van der Waals surface area contributed by atoms with Gasteiger partial charge in [0.2, 0.25) is 0 Å². The summed E-state index contributed by atoms with van der Waals surface area (Å²) in [4.78, 5) is 12.2. The molecule has 176 valence electrons. The summed E-state index contributed by atoms with van der Waals surface area (Å²) >= 11 is 0. The molecule has 0 aliphatic carbocycles. The molecule has 1 aromatic heterocycles. The number of nitrogens with two attached hydrogens (primary N) is 1. The Hall–Kier alpha value is -3.21. The third-order valence-electron chi connectivity index (χ3n) is 6.15. The van der Waals surface area contributed by atoms with Crippen molar-refractivity contribution >= 4 is 5.91 Å². The van der Waals surface area contributed by atoms with Crippen molar-refractivity contribution in [1.82, 2.24) is 4.57 Å². The predicted molar refractivity (Wildman–Crippen MR) is 134 cm³/mol. The van der Waals surface area contributed by atoms with E-state index in [9.17, 15) is 9.90 Å². The van der Waals surface area contributed by atoms with E-state index in [4.69, 9.17) is 10.5 Å². The van der Waals surface area contributed by atoms with Crippen LogP contribution in [0.15, 0.2) is 42.5 Å². The molecule has 0 bridgehead atoms. The summed E-state index contributed by atoms with van der Waals surface area (Å²) in [5, 5.41) is 11.1. The van der Waals surface area contributed by atoms with Crippen molar-refractivity contribution < 1.29 is 14.6 Å². The summed E-state index contributed by atoms with van der Waals surface area (Å²) in [5.41, 5.74) is 11.2. The van der Waals surface area contributed by atoms with Crippen molar-refractivity contribution in [2.75, 3.05) is 7.11 Å². The molecule has 0 saturated heterocycles. The van der Waals surface area contributed by atoms with E-state index in [2.05, 4.69) is 46.1 Å². The van der Waals surface area contributed by atoms with Gasteiger partial charge in [0, 0.05) is 29.1 Å². The lowest BCUT2D eigenvalue weighted by Crippen LogP contribution is -2.17. The molecule has 0 saturated carbocycles. The average Bonchev–Trinajstić information content (AvgIpc) is 3.03. The fourth-order valence-corrected chi connectivity index (χ4v) is 4.18. The number of aromatic hydroxyl groups is 1. The van der Waals surface area contributed by atoms with Crippen LogP contribution < -0.4 is 10.5 Å². The van der Waals surface area contributed by atoms with Crippen LogP contribution in [-0.4, -0.2) is 22.7 Å². The lowest BCUT2D eigenvalue weighted by atomic mass is 9.78. The number of ether oxygens (including phenoxy) is 1. The first-order valence-corrected chi connectivity index (χ1v) is 11.2. The monoisotopic (exact) mass is 448 g/mol. The number of benzene rings is 2. The molecule has 2 aromatic carbocycles. The Morgan fingerprint density at radius 1 is 0.970 bits per heavy atom. The number of aromatic nitrogens is 1. The van der Waals surface area contributed by atoms with Crippen molar-refractivity contribution in [3.8, 4) is 22.8 Å². The Morgan fingerprint density at radius 3 is 1.91 bits per heavy atom. The molecule has 3 aromatic rings. The van der Waals surface area contributed by atoms with E-state index in [1.54, 1.807) is 7.11 Å². The van der Waals surface area contributed by atoms with E-state index in [1.165, 1.54) is 0 Å². The summed E-state index contributed by atoms with van der Waals surface area (Å²) in [6.07, 6.45) is 0. The first kappa shape index (κ1) is 24.4. The highest BCUT2D eigenvalue weighted by molar-refractivity contribution is 5.95. The fourth-order valence-electron chi connectivity index (χ4n) is 4.18. The Kier molecular flexibility index (Phi) is 6.38. The zero-order valence-electron chi connectivity index (χ0n) is 21.0. The van der Waals surface area contributed by atoms with Crippen molar-refractivity contribution in [1.29, 1.82) is 0 Å². The molecule has 1 heterocycles. The molecule has 1 amide bonds. The van der Waals surface area contributed by atoms with Gasteiger partial charge in [-0.15, -0.1) is 0 Å². The van der Waals surface area contributed by atoms with Gasteiger partial charge >= 0.3 is 0 Å². The molecule has 0 unspecified atom stereocenters. The normalized spacial score (nSPS) is 12.1. The Balaban J connectivity index is 2.27. The second-order valence-electron chi connectivity index (χ2n) is 10.7. The van der Waals surface area contributed by atoms with Gasteiger partial charge in [-0.25, -0.2) is 0 Å². The molecule has 0 radical (unpaired) electrons. The van der Waals surface area contributed by atoms with Crippen LogP contribution in [0, 0.1) is 6.92 Å². The smallest absolute Gasteiger partial charge is 0.250 e. The molecular formula is C28H36N2O3. The molecular weight excluding hydrogens is 412 g/mol. The number of carbonyl (C=O) groups is 1. The van der Waals surface area contributed by atoms with Crippen molar-refractivity contribution in [2.24, 2.45) is 5.73 Å². The van der Waals surface area contributed by atoms with Crippen LogP contribution in [-0.2, 0) is 17.4 Å². The molecule has 0 atom stereocenters. The van der Waals surface area contributed by atoms with E-state index in [0.717, 1.165) is 39.4 Å². The van der Waals surface area contributed by atoms with E-state index >= 15 is 0 Å². The second kappa shape index (κ2) is 8.62. The summed E-state index contributed by atoms with van der Waals surface area (Å²) in [7, 11) is 1.65. The van der Waals surface area contributed by atoms with Crippen LogP contribution >= 0.6 is 0 Å². The number of hydrogen-bond acceptors (Lipinski definition) is 3. The first-order valence-electron chi connectivity index (χ1n) is 11.2. The van der Waals surface area contributed by atoms with Crippen LogP contribution in [0.3, 0.4) is 0 Å². The lowest BCUT2D eigenvalue weighted by Gasteiger charge is -2.28. The van der Waals surface area contributed by atoms with Gasteiger partial charge in [-0.3, -0.25) is 4.79 Å². The summed E-state index contributed by atoms with van der Waals surface area (Å²) < 4.78 is 7.40. The SMILES string of the molecule is COc1ccc(Cn2c(-c3cc(C(C)(C)C)c(O)c(C(C)(C)C)c3)cc(C(N)=O)c2C)cc1. The summed E-state index contributed by atoms with van der Waals surface area (Å²) in [6.45, 7) is 15.1. The maximum atomic E-state index is 12.2. The lowest BCUT2D eigenvalue weighted by molar-refractivity contribution is 0.0999. The maximum Gasteiger partial charge on any atom is 0.250 e. The van der Waals surface area contributed by atoms with Gasteiger partial charge in [0.05, 0.1) is 12.7 Å². The Morgan fingerprint density at radius 2 is 1.48 bits per heavy atom. The Labute approximate surface area is 197 Å². The fraction of sp³-hybridized carbons (Fsp3) is 0.393. The first-order chi connectivity index (χ1) is 15.2. The van der Waals surface area contributed by atoms with Crippen LogP contribution in [0.5, 0.6) is 11.5 Å². The summed E-state index contributed by atoms with van der Waals surface area (Å²) in [6, 6.07) is 13.8. The minimum atomic E-state index is -0.451. The number of nitrogens with zero attached hydrogens (tertiary/aromatic N) is 1. The highest BCUT2D eigenvalue weighted by Gasteiger charge is 2.28. The third-order valence-corrected chi connectivity index (χ3v) is 6.15.